The van der Waals surface area contributed by atoms with Crippen molar-refractivity contribution in [2.45, 2.75) is 50.9 Å². The summed E-state index contributed by atoms with van der Waals surface area (Å²) in [5.74, 6) is 0. The van der Waals surface area contributed by atoms with Crippen LogP contribution in [-0.2, 0) is 6.42 Å². The third-order valence-corrected chi connectivity index (χ3v) is 4.01. The summed E-state index contributed by atoms with van der Waals surface area (Å²) in [6, 6.07) is 5.09. The fourth-order valence-corrected chi connectivity index (χ4v) is 2.75. The Bertz CT molecular complexity index is 486. The lowest BCUT2D eigenvalue weighted by molar-refractivity contribution is -0.120. The van der Waals surface area contributed by atoms with Crippen molar-refractivity contribution in [3.63, 3.8) is 0 Å². The Morgan fingerprint density at radius 3 is 2.57 bits per heavy atom. The van der Waals surface area contributed by atoms with E-state index in [9.17, 15) is 13.2 Å². The van der Waals surface area contributed by atoms with E-state index in [-0.39, 0.29) is 12.1 Å². The molecule has 1 aromatic rings. The molecule has 6 heteroatoms. The van der Waals surface area contributed by atoms with Crippen molar-refractivity contribution >= 4 is 17.3 Å². The number of halogens is 4. The fraction of sp³-hybridized carbons (Fsp3) is 0.600. The molecule has 1 aliphatic rings. The molecule has 1 fully saturated rings. The van der Waals surface area contributed by atoms with E-state index in [4.69, 9.17) is 17.3 Å². The van der Waals surface area contributed by atoms with Crippen LogP contribution in [0.3, 0.4) is 0 Å². The summed E-state index contributed by atoms with van der Waals surface area (Å²) in [6.45, 7) is 0.999. The number of para-hydroxylation sites is 1. The highest BCUT2D eigenvalue weighted by Gasteiger charge is 2.39. The number of nitrogens with two attached hydrogens (primary N) is 1. The monoisotopic (exact) mass is 320 g/mol. The van der Waals surface area contributed by atoms with Gasteiger partial charge >= 0.3 is 6.18 Å². The zero-order valence-corrected chi connectivity index (χ0v) is 12.7. The van der Waals surface area contributed by atoms with Crippen LogP contribution in [0.25, 0.3) is 0 Å². The first-order chi connectivity index (χ1) is 9.81. The van der Waals surface area contributed by atoms with Gasteiger partial charge in [0.25, 0.3) is 0 Å². The molecule has 1 atom stereocenters. The topological polar surface area (TPSA) is 29.3 Å². The predicted molar refractivity (Wildman–Crippen MR) is 79.8 cm³/mol. The first-order valence-electron chi connectivity index (χ1n) is 7.18. The van der Waals surface area contributed by atoms with Gasteiger partial charge in [0.15, 0.2) is 0 Å². The molecule has 2 N–H and O–H groups in total. The second kappa shape index (κ2) is 6.44. The molecular formula is C15H20ClF3N2. The van der Waals surface area contributed by atoms with Crippen LogP contribution >= 0.6 is 11.6 Å². The second-order valence-corrected chi connectivity index (χ2v) is 6.00. The molecule has 21 heavy (non-hydrogen) atoms. The number of alkyl halides is 3. The highest BCUT2D eigenvalue weighted by atomic mass is 35.5. The molecule has 0 aromatic heterocycles. The summed E-state index contributed by atoms with van der Waals surface area (Å²) in [5.41, 5.74) is 7.26. The van der Waals surface area contributed by atoms with E-state index in [1.165, 1.54) is 4.90 Å². The van der Waals surface area contributed by atoms with Crippen molar-refractivity contribution < 1.29 is 13.2 Å². The Labute approximate surface area is 128 Å². The van der Waals surface area contributed by atoms with E-state index in [2.05, 4.69) is 0 Å². The molecule has 2 rings (SSSR count). The molecule has 1 aromatic carbocycles. The fourth-order valence-electron chi connectivity index (χ4n) is 2.44. The van der Waals surface area contributed by atoms with E-state index < -0.39 is 12.7 Å². The van der Waals surface area contributed by atoms with Gasteiger partial charge in [-0.15, -0.1) is 0 Å². The molecule has 0 radical (unpaired) electrons. The molecule has 0 heterocycles. The van der Waals surface area contributed by atoms with Gasteiger partial charge < -0.3 is 10.6 Å². The summed E-state index contributed by atoms with van der Waals surface area (Å²) < 4.78 is 38.6. The van der Waals surface area contributed by atoms with Gasteiger partial charge in [0.2, 0.25) is 0 Å². The highest BCUT2D eigenvalue weighted by Crippen LogP contribution is 2.40. The van der Waals surface area contributed by atoms with Gasteiger partial charge in [0.05, 0.1) is 10.7 Å². The summed E-state index contributed by atoms with van der Waals surface area (Å²) >= 11 is 6.20. The SMILES string of the molecule is CCC(N)Cc1cccc(Cl)c1N(CC(F)(F)F)C1CC1. The standard InChI is InChI=1S/C15H20ClF3N2/c1-2-11(20)8-10-4-3-5-13(16)14(10)21(12-6-7-12)9-15(17,18)19/h3-5,11-12H,2,6-9,20H2,1H3. The Hall–Kier alpha value is -0.940. The van der Waals surface area contributed by atoms with E-state index in [0.29, 0.717) is 17.1 Å². The Balaban J connectivity index is 2.34. The van der Waals surface area contributed by atoms with E-state index in [1.54, 1.807) is 12.1 Å². The maximum Gasteiger partial charge on any atom is 0.405 e. The molecule has 2 nitrogen and oxygen atoms in total. The minimum absolute atomic E-state index is 0.0665. The third kappa shape index (κ3) is 4.51. The average Bonchev–Trinajstić information content (AvgIpc) is 3.20. The quantitative estimate of drug-likeness (QED) is 0.853. The van der Waals surface area contributed by atoms with Crippen LogP contribution in [0.2, 0.25) is 5.02 Å². The normalized spacial score (nSPS) is 16.9. The van der Waals surface area contributed by atoms with Crippen molar-refractivity contribution in [2.75, 3.05) is 11.4 Å². The lowest BCUT2D eigenvalue weighted by atomic mass is 10.0. The molecule has 0 saturated heterocycles. The maximum atomic E-state index is 12.9. The van der Waals surface area contributed by atoms with Crippen LogP contribution in [0.5, 0.6) is 0 Å². The molecule has 0 amide bonds. The van der Waals surface area contributed by atoms with Gasteiger partial charge in [0.1, 0.15) is 6.54 Å². The van der Waals surface area contributed by atoms with E-state index in [0.717, 1.165) is 24.8 Å². The third-order valence-electron chi connectivity index (χ3n) is 3.70. The summed E-state index contributed by atoms with van der Waals surface area (Å²) in [7, 11) is 0. The molecule has 0 spiro atoms. The number of benzene rings is 1. The molecule has 1 unspecified atom stereocenters. The largest absolute Gasteiger partial charge is 0.405 e. The molecule has 0 bridgehead atoms. The Morgan fingerprint density at radius 1 is 1.38 bits per heavy atom. The van der Waals surface area contributed by atoms with Gasteiger partial charge in [-0.3, -0.25) is 0 Å². The zero-order valence-electron chi connectivity index (χ0n) is 12.0. The Morgan fingerprint density at radius 2 is 2.05 bits per heavy atom. The number of hydrogen-bond donors (Lipinski definition) is 1. The van der Waals surface area contributed by atoms with E-state index in [1.807, 2.05) is 13.0 Å². The van der Waals surface area contributed by atoms with Crippen LogP contribution in [0, 0.1) is 0 Å². The number of rotatable bonds is 6. The first kappa shape index (κ1) is 16.4. The van der Waals surface area contributed by atoms with Crippen LogP contribution in [0.4, 0.5) is 18.9 Å². The zero-order chi connectivity index (χ0) is 15.6. The first-order valence-corrected chi connectivity index (χ1v) is 7.56. The van der Waals surface area contributed by atoms with Crippen molar-refractivity contribution in [3.05, 3.63) is 28.8 Å². The highest BCUT2D eigenvalue weighted by molar-refractivity contribution is 6.33. The van der Waals surface area contributed by atoms with Gasteiger partial charge in [-0.25, -0.2) is 0 Å². The van der Waals surface area contributed by atoms with Crippen molar-refractivity contribution in [3.8, 4) is 0 Å². The Kier molecular flexibility index (Phi) is 5.04. The number of anilines is 1. The van der Waals surface area contributed by atoms with Crippen LogP contribution < -0.4 is 10.6 Å². The van der Waals surface area contributed by atoms with Crippen LogP contribution in [0.15, 0.2) is 18.2 Å². The summed E-state index contributed by atoms with van der Waals surface area (Å²) in [5, 5.41) is 0.368. The average molecular weight is 321 g/mol. The smallest absolute Gasteiger partial charge is 0.358 e. The minimum Gasteiger partial charge on any atom is -0.358 e. The lowest BCUT2D eigenvalue weighted by Crippen LogP contribution is -2.37. The van der Waals surface area contributed by atoms with Crippen molar-refractivity contribution in [1.29, 1.82) is 0 Å². The van der Waals surface area contributed by atoms with Gasteiger partial charge in [-0.2, -0.15) is 13.2 Å². The van der Waals surface area contributed by atoms with Crippen molar-refractivity contribution in [2.24, 2.45) is 5.73 Å². The van der Waals surface area contributed by atoms with Crippen LogP contribution in [0.1, 0.15) is 31.7 Å². The summed E-state index contributed by atoms with van der Waals surface area (Å²) in [6.07, 6.45) is -1.38. The maximum absolute atomic E-state index is 12.9. The molecule has 118 valence electrons. The number of hydrogen-bond acceptors (Lipinski definition) is 2. The minimum atomic E-state index is -4.24. The molecule has 0 aliphatic heterocycles. The van der Waals surface area contributed by atoms with Crippen molar-refractivity contribution in [1.82, 2.24) is 0 Å². The molecular weight excluding hydrogens is 301 g/mol. The second-order valence-electron chi connectivity index (χ2n) is 5.59. The molecule has 1 aliphatic carbocycles. The van der Waals surface area contributed by atoms with Gasteiger partial charge in [-0.1, -0.05) is 30.7 Å². The summed E-state index contributed by atoms with van der Waals surface area (Å²) in [4.78, 5) is 1.40. The molecule has 1 saturated carbocycles. The van der Waals surface area contributed by atoms with Gasteiger partial charge in [-0.05, 0) is 37.3 Å². The van der Waals surface area contributed by atoms with Gasteiger partial charge in [0, 0.05) is 12.1 Å². The van der Waals surface area contributed by atoms with Crippen LogP contribution in [-0.4, -0.2) is 24.8 Å². The van der Waals surface area contributed by atoms with E-state index >= 15 is 0 Å². The number of nitrogens with zero attached hydrogens (tertiary/aromatic N) is 1. The lowest BCUT2D eigenvalue weighted by Gasteiger charge is -2.29. The predicted octanol–water partition coefficient (Wildman–Crippen LogP) is 4.15.